The van der Waals surface area contributed by atoms with Crippen LogP contribution in [0.25, 0.3) is 10.9 Å². The zero-order valence-corrected chi connectivity index (χ0v) is 20.0. The minimum Gasteiger partial charge on any atom is -0.495 e. The minimum atomic E-state index is -0.132. The molecule has 35 heavy (non-hydrogen) atoms. The van der Waals surface area contributed by atoms with Crippen LogP contribution in [-0.2, 0) is 4.79 Å². The first-order valence-electron chi connectivity index (χ1n) is 11.0. The minimum absolute atomic E-state index is 0.132. The number of carbonyl (C=O) groups excluding carboxylic acids is 1. The molecule has 8 heteroatoms. The number of aryl methyl sites for hydroxylation is 2. The van der Waals surface area contributed by atoms with Gasteiger partial charge < -0.3 is 20.1 Å². The zero-order chi connectivity index (χ0) is 24.8. The van der Waals surface area contributed by atoms with Crippen molar-refractivity contribution < 1.29 is 14.3 Å². The highest BCUT2D eigenvalue weighted by atomic mass is 16.5. The van der Waals surface area contributed by atoms with Crippen LogP contribution < -0.4 is 20.1 Å². The fourth-order valence-corrected chi connectivity index (χ4v) is 3.38. The van der Waals surface area contributed by atoms with Gasteiger partial charge in [-0.15, -0.1) is 0 Å². The van der Waals surface area contributed by atoms with E-state index in [1.54, 1.807) is 13.3 Å². The highest BCUT2D eigenvalue weighted by Gasteiger charge is 2.11. The van der Waals surface area contributed by atoms with Gasteiger partial charge in [0.15, 0.2) is 0 Å². The third-order valence-electron chi connectivity index (χ3n) is 5.16. The summed E-state index contributed by atoms with van der Waals surface area (Å²) in [6.45, 7) is 5.62. The maximum atomic E-state index is 11.1. The Bertz CT molecular complexity index is 1440. The second-order valence-corrected chi connectivity index (χ2v) is 7.85. The van der Waals surface area contributed by atoms with Crippen molar-refractivity contribution in [3.05, 3.63) is 71.8 Å². The number of amides is 1. The Labute approximate surface area is 203 Å². The van der Waals surface area contributed by atoms with Crippen molar-refractivity contribution in [3.8, 4) is 29.1 Å². The van der Waals surface area contributed by atoms with Crippen molar-refractivity contribution >= 4 is 28.3 Å². The molecule has 0 atom stereocenters. The van der Waals surface area contributed by atoms with E-state index < -0.39 is 0 Å². The SMILES string of the molecule is COc1cc2ncnc(Nc3ccc(Oc4ccc(C)nc4)c(C)c3)c2cc1C#CCNC(C)=O. The number of anilines is 2. The monoisotopic (exact) mass is 467 g/mol. The Morgan fingerprint density at radius 2 is 1.89 bits per heavy atom. The number of aromatic nitrogens is 3. The predicted molar refractivity (Wildman–Crippen MR) is 135 cm³/mol. The molecular formula is C27H25N5O3. The van der Waals surface area contributed by atoms with Crippen molar-refractivity contribution in [1.82, 2.24) is 20.3 Å². The number of carbonyl (C=O) groups is 1. The van der Waals surface area contributed by atoms with Crippen LogP contribution in [0.2, 0.25) is 0 Å². The number of pyridine rings is 1. The van der Waals surface area contributed by atoms with Crippen LogP contribution in [0.5, 0.6) is 17.2 Å². The molecule has 2 heterocycles. The van der Waals surface area contributed by atoms with Gasteiger partial charge in [-0.1, -0.05) is 11.8 Å². The van der Waals surface area contributed by atoms with E-state index in [-0.39, 0.29) is 12.5 Å². The van der Waals surface area contributed by atoms with E-state index in [4.69, 9.17) is 9.47 Å². The van der Waals surface area contributed by atoms with Crippen molar-refractivity contribution in [3.63, 3.8) is 0 Å². The summed E-state index contributed by atoms with van der Waals surface area (Å²) in [5.41, 5.74) is 4.14. The molecule has 0 radical (unpaired) electrons. The van der Waals surface area contributed by atoms with Gasteiger partial charge in [-0.2, -0.15) is 0 Å². The smallest absolute Gasteiger partial charge is 0.217 e. The van der Waals surface area contributed by atoms with Gasteiger partial charge in [0.25, 0.3) is 0 Å². The number of rotatable bonds is 6. The number of nitrogens with one attached hydrogen (secondary N) is 2. The molecule has 176 valence electrons. The molecule has 8 nitrogen and oxygen atoms in total. The molecule has 0 saturated carbocycles. The highest BCUT2D eigenvalue weighted by molar-refractivity contribution is 5.93. The molecule has 0 aliphatic heterocycles. The van der Waals surface area contributed by atoms with Crippen LogP contribution in [0.15, 0.2) is 55.0 Å². The van der Waals surface area contributed by atoms with E-state index in [0.29, 0.717) is 22.9 Å². The third-order valence-corrected chi connectivity index (χ3v) is 5.16. The second-order valence-electron chi connectivity index (χ2n) is 7.85. The molecule has 1 amide bonds. The first-order valence-corrected chi connectivity index (χ1v) is 11.0. The topological polar surface area (TPSA) is 98.3 Å². The fraction of sp³-hybridized carbons (Fsp3) is 0.185. The summed E-state index contributed by atoms with van der Waals surface area (Å²) >= 11 is 0. The summed E-state index contributed by atoms with van der Waals surface area (Å²) < 4.78 is 11.5. The quantitative estimate of drug-likeness (QED) is 0.398. The maximum Gasteiger partial charge on any atom is 0.217 e. The van der Waals surface area contributed by atoms with Crippen LogP contribution in [0.1, 0.15) is 23.7 Å². The van der Waals surface area contributed by atoms with Crippen LogP contribution in [0.3, 0.4) is 0 Å². The maximum absolute atomic E-state index is 11.1. The van der Waals surface area contributed by atoms with Gasteiger partial charge >= 0.3 is 0 Å². The van der Waals surface area contributed by atoms with Crippen molar-refractivity contribution in [2.24, 2.45) is 0 Å². The fourth-order valence-electron chi connectivity index (χ4n) is 3.38. The molecule has 2 aromatic heterocycles. The molecule has 0 saturated heterocycles. The Kier molecular flexibility index (Phi) is 7.07. The molecule has 2 aromatic carbocycles. The molecule has 0 bridgehead atoms. The van der Waals surface area contributed by atoms with E-state index >= 15 is 0 Å². The molecular weight excluding hydrogens is 442 g/mol. The molecule has 0 fully saturated rings. The number of benzene rings is 2. The predicted octanol–water partition coefficient (Wildman–Crippen LogP) is 4.67. The van der Waals surface area contributed by atoms with E-state index in [9.17, 15) is 4.79 Å². The van der Waals surface area contributed by atoms with E-state index in [1.165, 1.54) is 13.3 Å². The molecule has 0 unspecified atom stereocenters. The first kappa shape index (κ1) is 23.5. The number of nitrogens with zero attached hydrogens (tertiary/aromatic N) is 3. The Morgan fingerprint density at radius 1 is 1.03 bits per heavy atom. The van der Waals surface area contributed by atoms with Gasteiger partial charge in [-0.3, -0.25) is 9.78 Å². The number of hydrogen-bond donors (Lipinski definition) is 2. The van der Waals surface area contributed by atoms with Gasteiger partial charge in [-0.25, -0.2) is 9.97 Å². The van der Waals surface area contributed by atoms with Crippen LogP contribution in [-0.4, -0.2) is 34.5 Å². The lowest BCUT2D eigenvalue weighted by Gasteiger charge is -2.13. The third kappa shape index (κ3) is 5.84. The summed E-state index contributed by atoms with van der Waals surface area (Å²) in [4.78, 5) is 24.2. The number of hydrogen-bond acceptors (Lipinski definition) is 7. The van der Waals surface area contributed by atoms with Gasteiger partial charge in [0.05, 0.1) is 30.9 Å². The van der Waals surface area contributed by atoms with Gasteiger partial charge in [0, 0.05) is 29.8 Å². The molecule has 4 aromatic rings. The Hall–Kier alpha value is -4.64. The summed E-state index contributed by atoms with van der Waals surface area (Å²) in [5.74, 6) is 8.52. The molecule has 0 aliphatic carbocycles. The average Bonchev–Trinajstić information content (AvgIpc) is 2.84. The Morgan fingerprint density at radius 3 is 2.60 bits per heavy atom. The van der Waals surface area contributed by atoms with E-state index in [1.807, 2.05) is 56.3 Å². The van der Waals surface area contributed by atoms with Crippen LogP contribution >= 0.6 is 0 Å². The van der Waals surface area contributed by atoms with Crippen molar-refractivity contribution in [2.45, 2.75) is 20.8 Å². The molecule has 4 rings (SSSR count). The highest BCUT2D eigenvalue weighted by Crippen LogP contribution is 2.31. The van der Waals surface area contributed by atoms with Gasteiger partial charge in [-0.05, 0) is 55.8 Å². The van der Waals surface area contributed by atoms with E-state index in [0.717, 1.165) is 33.6 Å². The van der Waals surface area contributed by atoms with Crippen molar-refractivity contribution in [2.75, 3.05) is 19.0 Å². The van der Waals surface area contributed by atoms with Gasteiger partial charge in [0.1, 0.15) is 29.4 Å². The summed E-state index contributed by atoms with van der Waals surface area (Å²) in [6.07, 6.45) is 3.21. The lowest BCUT2D eigenvalue weighted by molar-refractivity contribution is -0.118. The molecule has 2 N–H and O–H groups in total. The van der Waals surface area contributed by atoms with Crippen LogP contribution in [0, 0.1) is 25.7 Å². The number of fused-ring (bicyclic) bond motifs is 1. The zero-order valence-electron chi connectivity index (χ0n) is 20.0. The summed E-state index contributed by atoms with van der Waals surface area (Å²) in [5, 5.41) is 6.82. The largest absolute Gasteiger partial charge is 0.495 e. The second kappa shape index (κ2) is 10.5. The number of ether oxygens (including phenoxy) is 2. The van der Waals surface area contributed by atoms with Crippen LogP contribution in [0.4, 0.5) is 11.5 Å². The van der Waals surface area contributed by atoms with E-state index in [2.05, 4.69) is 37.4 Å². The lowest BCUT2D eigenvalue weighted by atomic mass is 10.1. The van der Waals surface area contributed by atoms with Crippen molar-refractivity contribution in [1.29, 1.82) is 0 Å². The Balaban J connectivity index is 1.60. The molecule has 0 spiro atoms. The standard InChI is InChI=1S/C27H25N5O3/c1-17-12-21(8-10-25(17)35-22-9-7-18(2)29-15-22)32-27-23-13-20(6-5-11-28-19(3)33)26(34-4)14-24(23)30-16-31-27/h7-10,12-16H,11H2,1-4H3,(H,28,33)(H,30,31,32). The first-order chi connectivity index (χ1) is 16.9. The normalized spacial score (nSPS) is 10.3. The summed E-state index contributed by atoms with van der Waals surface area (Å²) in [6, 6.07) is 13.3. The number of methoxy groups -OCH3 is 1. The van der Waals surface area contributed by atoms with Gasteiger partial charge in [0.2, 0.25) is 5.91 Å². The summed E-state index contributed by atoms with van der Waals surface area (Å²) in [7, 11) is 1.58. The molecule has 0 aliphatic rings. The lowest BCUT2D eigenvalue weighted by Crippen LogP contribution is -2.19. The average molecular weight is 468 g/mol.